The van der Waals surface area contributed by atoms with E-state index in [1.54, 1.807) is 23.0 Å². The van der Waals surface area contributed by atoms with E-state index in [4.69, 9.17) is 5.14 Å². The third-order valence-corrected chi connectivity index (χ3v) is 5.88. The Balaban J connectivity index is 1.56. The van der Waals surface area contributed by atoms with E-state index in [1.807, 2.05) is 60.7 Å². The Morgan fingerprint density at radius 1 is 0.875 bits per heavy atom. The van der Waals surface area contributed by atoms with Crippen molar-refractivity contribution in [3.8, 4) is 11.3 Å². The summed E-state index contributed by atoms with van der Waals surface area (Å²) in [5, 5.41) is 12.7. The highest BCUT2D eigenvalue weighted by atomic mass is 32.2. The van der Waals surface area contributed by atoms with Gasteiger partial charge >= 0.3 is 0 Å². The zero-order valence-corrected chi connectivity index (χ0v) is 18.0. The summed E-state index contributed by atoms with van der Waals surface area (Å²) >= 11 is 0. The first-order valence-electron chi connectivity index (χ1n) is 9.97. The van der Waals surface area contributed by atoms with Gasteiger partial charge in [0.15, 0.2) is 0 Å². The molecular formula is C24H22N4O3S. The summed E-state index contributed by atoms with van der Waals surface area (Å²) in [4.78, 5) is 13.1. The molecule has 1 amide bonds. The number of hydrogen-bond acceptors (Lipinski definition) is 4. The fourth-order valence-electron chi connectivity index (χ4n) is 3.32. The Morgan fingerprint density at radius 2 is 1.50 bits per heavy atom. The average Bonchev–Trinajstić information content (AvgIpc) is 3.22. The van der Waals surface area contributed by atoms with Crippen molar-refractivity contribution >= 4 is 15.9 Å². The van der Waals surface area contributed by atoms with Gasteiger partial charge in [0.1, 0.15) is 5.69 Å². The van der Waals surface area contributed by atoms with Gasteiger partial charge in [-0.3, -0.25) is 9.48 Å². The lowest BCUT2D eigenvalue weighted by atomic mass is 10.1. The molecule has 0 saturated heterocycles. The van der Waals surface area contributed by atoms with E-state index >= 15 is 0 Å². The van der Waals surface area contributed by atoms with Crippen LogP contribution in [0.15, 0.2) is 96.0 Å². The summed E-state index contributed by atoms with van der Waals surface area (Å²) in [6.45, 7) is 0.783. The van der Waals surface area contributed by atoms with Crippen molar-refractivity contribution in [3.05, 3.63) is 108 Å². The minimum atomic E-state index is -3.75. The van der Waals surface area contributed by atoms with Crippen molar-refractivity contribution in [3.63, 3.8) is 0 Å². The molecule has 0 unspecified atom stereocenters. The van der Waals surface area contributed by atoms with Gasteiger partial charge in [-0.15, -0.1) is 0 Å². The number of rotatable bonds is 7. The quantitative estimate of drug-likeness (QED) is 0.455. The van der Waals surface area contributed by atoms with Gasteiger partial charge in [-0.2, -0.15) is 5.10 Å². The molecule has 0 bridgehead atoms. The molecule has 0 fully saturated rings. The minimum Gasteiger partial charge on any atom is -0.348 e. The molecule has 0 saturated carbocycles. The molecule has 1 aromatic heterocycles. The topological polar surface area (TPSA) is 107 Å². The molecule has 4 rings (SSSR count). The predicted molar refractivity (Wildman–Crippen MR) is 122 cm³/mol. The molecule has 0 aliphatic rings. The summed E-state index contributed by atoms with van der Waals surface area (Å²) in [6, 6.07) is 25.5. The van der Waals surface area contributed by atoms with Crippen LogP contribution in [0.3, 0.4) is 0 Å². The standard InChI is InChI=1S/C24H22N4O3S/c25-32(30,31)21-13-11-18(12-14-21)15-26-24(29)22-17-28(16-19-7-3-1-4-8-19)27-23(22)20-9-5-2-6-10-20/h1-14,17H,15-16H2,(H,26,29)(H2,25,30,31). The van der Waals surface area contributed by atoms with E-state index in [1.165, 1.54) is 12.1 Å². The first kappa shape index (κ1) is 21.5. The number of hydrogen-bond donors (Lipinski definition) is 2. The van der Waals surface area contributed by atoms with Crippen molar-refractivity contribution in [2.75, 3.05) is 0 Å². The first-order valence-corrected chi connectivity index (χ1v) is 11.5. The van der Waals surface area contributed by atoms with E-state index in [-0.39, 0.29) is 17.3 Å². The molecule has 7 nitrogen and oxygen atoms in total. The Morgan fingerprint density at radius 3 is 2.12 bits per heavy atom. The van der Waals surface area contributed by atoms with Crippen LogP contribution in [-0.4, -0.2) is 24.1 Å². The molecule has 0 aliphatic heterocycles. The molecule has 1 heterocycles. The summed E-state index contributed by atoms with van der Waals surface area (Å²) in [7, 11) is -3.75. The van der Waals surface area contributed by atoms with Crippen LogP contribution < -0.4 is 10.5 Å². The van der Waals surface area contributed by atoms with E-state index in [2.05, 4.69) is 10.4 Å². The van der Waals surface area contributed by atoms with Gasteiger partial charge < -0.3 is 5.32 Å². The number of nitrogens with two attached hydrogens (primary N) is 1. The zero-order valence-electron chi connectivity index (χ0n) is 17.2. The number of aromatic nitrogens is 2. The van der Waals surface area contributed by atoms with Gasteiger partial charge in [-0.05, 0) is 23.3 Å². The number of carbonyl (C=O) groups is 1. The van der Waals surface area contributed by atoms with Crippen LogP contribution in [0.1, 0.15) is 21.5 Å². The summed E-state index contributed by atoms with van der Waals surface area (Å²) in [6.07, 6.45) is 1.74. The second kappa shape index (κ2) is 9.17. The molecule has 0 aliphatic carbocycles. The molecule has 0 atom stereocenters. The predicted octanol–water partition coefficient (Wildman–Crippen LogP) is 3.18. The van der Waals surface area contributed by atoms with Crippen LogP contribution in [0.4, 0.5) is 0 Å². The Kier molecular flexibility index (Phi) is 6.16. The molecule has 0 radical (unpaired) electrons. The van der Waals surface area contributed by atoms with Crippen LogP contribution in [0.2, 0.25) is 0 Å². The molecule has 162 valence electrons. The van der Waals surface area contributed by atoms with Gasteiger partial charge in [-0.25, -0.2) is 13.6 Å². The zero-order chi connectivity index (χ0) is 22.6. The summed E-state index contributed by atoms with van der Waals surface area (Å²) in [5.74, 6) is -0.265. The fraction of sp³-hybridized carbons (Fsp3) is 0.0833. The Bertz CT molecular complexity index is 1320. The Labute approximate surface area is 186 Å². The number of sulfonamides is 1. The first-order chi connectivity index (χ1) is 15.4. The fourth-order valence-corrected chi connectivity index (χ4v) is 3.84. The number of nitrogens with zero attached hydrogens (tertiary/aromatic N) is 2. The monoisotopic (exact) mass is 446 g/mol. The molecule has 0 spiro atoms. The van der Waals surface area contributed by atoms with Crippen molar-refractivity contribution in [2.45, 2.75) is 18.0 Å². The van der Waals surface area contributed by atoms with Gasteiger partial charge in [0.2, 0.25) is 10.0 Å². The van der Waals surface area contributed by atoms with Crippen LogP contribution >= 0.6 is 0 Å². The number of carbonyl (C=O) groups excluding carboxylic acids is 1. The van der Waals surface area contributed by atoms with Gasteiger partial charge in [0.25, 0.3) is 5.91 Å². The molecule has 3 aromatic carbocycles. The maximum Gasteiger partial charge on any atom is 0.255 e. The van der Waals surface area contributed by atoms with Gasteiger partial charge in [0.05, 0.1) is 17.0 Å². The van der Waals surface area contributed by atoms with E-state index in [9.17, 15) is 13.2 Å². The lowest BCUT2D eigenvalue weighted by molar-refractivity contribution is 0.0951. The molecule has 32 heavy (non-hydrogen) atoms. The average molecular weight is 447 g/mol. The second-order valence-electron chi connectivity index (χ2n) is 7.31. The third-order valence-electron chi connectivity index (χ3n) is 4.95. The summed E-state index contributed by atoms with van der Waals surface area (Å²) < 4.78 is 24.6. The third kappa shape index (κ3) is 5.11. The van der Waals surface area contributed by atoms with E-state index in [0.29, 0.717) is 17.8 Å². The largest absolute Gasteiger partial charge is 0.348 e. The minimum absolute atomic E-state index is 0.0288. The van der Waals surface area contributed by atoms with Crippen LogP contribution in [0.5, 0.6) is 0 Å². The summed E-state index contributed by atoms with van der Waals surface area (Å²) in [5.41, 5.74) is 3.75. The van der Waals surface area contributed by atoms with Crippen molar-refractivity contribution in [1.82, 2.24) is 15.1 Å². The van der Waals surface area contributed by atoms with Gasteiger partial charge in [0, 0.05) is 18.3 Å². The van der Waals surface area contributed by atoms with Crippen molar-refractivity contribution in [1.29, 1.82) is 0 Å². The van der Waals surface area contributed by atoms with Gasteiger partial charge in [-0.1, -0.05) is 72.8 Å². The second-order valence-corrected chi connectivity index (χ2v) is 8.87. The Hall–Kier alpha value is -3.75. The smallest absolute Gasteiger partial charge is 0.255 e. The number of nitrogens with one attached hydrogen (secondary N) is 1. The molecule has 4 aromatic rings. The lowest BCUT2D eigenvalue weighted by Crippen LogP contribution is -2.23. The van der Waals surface area contributed by atoms with E-state index < -0.39 is 10.0 Å². The SMILES string of the molecule is NS(=O)(=O)c1ccc(CNC(=O)c2cn(Cc3ccccc3)nc2-c2ccccc2)cc1. The normalized spacial score (nSPS) is 11.3. The number of primary sulfonamides is 1. The van der Waals surface area contributed by atoms with Crippen molar-refractivity contribution in [2.24, 2.45) is 5.14 Å². The highest BCUT2D eigenvalue weighted by Crippen LogP contribution is 2.22. The highest BCUT2D eigenvalue weighted by molar-refractivity contribution is 7.89. The maximum atomic E-state index is 13.0. The van der Waals surface area contributed by atoms with E-state index in [0.717, 1.165) is 16.7 Å². The van der Waals surface area contributed by atoms with Crippen LogP contribution in [-0.2, 0) is 23.1 Å². The van der Waals surface area contributed by atoms with Crippen molar-refractivity contribution < 1.29 is 13.2 Å². The highest BCUT2D eigenvalue weighted by Gasteiger charge is 2.18. The number of benzene rings is 3. The molecular weight excluding hydrogens is 424 g/mol. The lowest BCUT2D eigenvalue weighted by Gasteiger charge is -2.06. The molecule has 3 N–H and O–H groups in total. The number of amides is 1. The van der Waals surface area contributed by atoms with Crippen LogP contribution in [0, 0.1) is 0 Å². The maximum absolute atomic E-state index is 13.0. The molecule has 8 heteroatoms. The van der Waals surface area contributed by atoms with Crippen LogP contribution in [0.25, 0.3) is 11.3 Å².